The Morgan fingerprint density at radius 2 is 1.87 bits per heavy atom. The van der Waals surface area contributed by atoms with E-state index in [-0.39, 0.29) is 12.0 Å². The largest absolute Gasteiger partial charge is 0.493 e. The summed E-state index contributed by atoms with van der Waals surface area (Å²) in [5, 5.41) is 0.436. The Hall–Kier alpha value is -2.79. The quantitative estimate of drug-likeness (QED) is 0.784. The fraction of sp³-hybridized carbons (Fsp3) is 0.167. The molecule has 0 aliphatic carbocycles. The zero-order chi connectivity index (χ0) is 16.2. The SMILES string of the molecule is COc1cc2c(=O)cc(CN)oc2cc1OCc1ccccc1. The number of nitrogens with two attached hydrogens (primary N) is 1. The van der Waals surface area contributed by atoms with Crippen molar-refractivity contribution in [2.75, 3.05) is 7.11 Å². The average Bonchev–Trinajstić information content (AvgIpc) is 2.60. The van der Waals surface area contributed by atoms with Gasteiger partial charge in [-0.1, -0.05) is 30.3 Å². The highest BCUT2D eigenvalue weighted by Crippen LogP contribution is 2.32. The van der Waals surface area contributed by atoms with Crippen LogP contribution in [0.4, 0.5) is 0 Å². The lowest BCUT2D eigenvalue weighted by atomic mass is 10.2. The molecule has 0 saturated carbocycles. The maximum atomic E-state index is 12.1. The van der Waals surface area contributed by atoms with Crippen LogP contribution in [0.25, 0.3) is 11.0 Å². The minimum absolute atomic E-state index is 0.153. The molecular weight excluding hydrogens is 294 g/mol. The summed E-state index contributed by atoms with van der Waals surface area (Å²) >= 11 is 0. The first-order valence-electron chi connectivity index (χ1n) is 7.23. The molecule has 0 amide bonds. The molecule has 2 N–H and O–H groups in total. The predicted octanol–water partition coefficient (Wildman–Crippen LogP) is 2.84. The Morgan fingerprint density at radius 3 is 2.57 bits per heavy atom. The van der Waals surface area contributed by atoms with Crippen LogP contribution >= 0.6 is 0 Å². The molecule has 2 aromatic carbocycles. The van der Waals surface area contributed by atoms with Gasteiger partial charge >= 0.3 is 0 Å². The zero-order valence-electron chi connectivity index (χ0n) is 12.7. The topological polar surface area (TPSA) is 74.7 Å². The van der Waals surface area contributed by atoms with E-state index in [2.05, 4.69) is 0 Å². The van der Waals surface area contributed by atoms with Gasteiger partial charge in [0.1, 0.15) is 18.0 Å². The van der Waals surface area contributed by atoms with Crippen molar-refractivity contribution < 1.29 is 13.9 Å². The van der Waals surface area contributed by atoms with Gasteiger partial charge in [0.15, 0.2) is 16.9 Å². The van der Waals surface area contributed by atoms with Gasteiger partial charge in [-0.05, 0) is 11.6 Å². The van der Waals surface area contributed by atoms with Gasteiger partial charge in [0, 0.05) is 12.1 Å². The molecule has 0 saturated heterocycles. The van der Waals surface area contributed by atoms with Gasteiger partial charge < -0.3 is 19.6 Å². The van der Waals surface area contributed by atoms with E-state index in [0.717, 1.165) is 5.56 Å². The summed E-state index contributed by atoms with van der Waals surface area (Å²) in [6.45, 7) is 0.556. The maximum absolute atomic E-state index is 12.1. The van der Waals surface area contributed by atoms with Crippen LogP contribution < -0.4 is 20.6 Å². The van der Waals surface area contributed by atoms with Crippen LogP contribution in [0, 0.1) is 0 Å². The van der Waals surface area contributed by atoms with Crippen molar-refractivity contribution in [2.24, 2.45) is 5.73 Å². The van der Waals surface area contributed by atoms with E-state index < -0.39 is 0 Å². The van der Waals surface area contributed by atoms with E-state index in [4.69, 9.17) is 19.6 Å². The number of ether oxygens (including phenoxy) is 2. The summed E-state index contributed by atoms with van der Waals surface area (Å²) in [4.78, 5) is 12.1. The summed E-state index contributed by atoms with van der Waals surface area (Å²) in [5.74, 6) is 1.43. The molecule has 0 unspecified atom stereocenters. The van der Waals surface area contributed by atoms with Crippen LogP contribution in [-0.2, 0) is 13.2 Å². The third-order valence-corrected chi connectivity index (χ3v) is 3.50. The number of benzene rings is 2. The van der Waals surface area contributed by atoms with Crippen LogP contribution in [0.15, 0.2) is 57.7 Å². The van der Waals surface area contributed by atoms with Crippen molar-refractivity contribution >= 4 is 11.0 Å². The maximum Gasteiger partial charge on any atom is 0.193 e. The Balaban J connectivity index is 1.99. The first-order valence-corrected chi connectivity index (χ1v) is 7.23. The number of rotatable bonds is 5. The van der Waals surface area contributed by atoms with Crippen LogP contribution in [0.2, 0.25) is 0 Å². The molecule has 5 nitrogen and oxygen atoms in total. The van der Waals surface area contributed by atoms with Gasteiger partial charge in [-0.2, -0.15) is 0 Å². The lowest BCUT2D eigenvalue weighted by Gasteiger charge is -2.12. The summed E-state index contributed by atoms with van der Waals surface area (Å²) in [7, 11) is 1.53. The number of hydrogen-bond acceptors (Lipinski definition) is 5. The van der Waals surface area contributed by atoms with Gasteiger partial charge in [0.25, 0.3) is 0 Å². The first-order chi connectivity index (χ1) is 11.2. The van der Waals surface area contributed by atoms with E-state index in [1.807, 2.05) is 30.3 Å². The lowest BCUT2D eigenvalue weighted by molar-refractivity contribution is 0.284. The smallest absolute Gasteiger partial charge is 0.193 e. The van der Waals surface area contributed by atoms with Gasteiger partial charge in [-0.15, -0.1) is 0 Å². The molecular formula is C18H17NO4. The monoisotopic (exact) mass is 311 g/mol. The standard InChI is InChI=1S/C18H17NO4/c1-21-17-8-14-15(20)7-13(10-19)23-16(14)9-18(17)22-11-12-5-3-2-4-6-12/h2-9H,10-11,19H2,1H3. The molecule has 0 radical (unpaired) electrons. The number of hydrogen-bond donors (Lipinski definition) is 1. The van der Waals surface area contributed by atoms with Crippen LogP contribution in [0.3, 0.4) is 0 Å². The van der Waals surface area contributed by atoms with Crippen LogP contribution in [0.5, 0.6) is 11.5 Å². The first kappa shape index (κ1) is 15.1. The van der Waals surface area contributed by atoms with Gasteiger partial charge in [0.2, 0.25) is 0 Å². The Morgan fingerprint density at radius 1 is 1.09 bits per heavy atom. The average molecular weight is 311 g/mol. The molecule has 1 heterocycles. The van der Waals surface area contributed by atoms with Gasteiger partial charge in [0.05, 0.1) is 19.0 Å². The van der Waals surface area contributed by atoms with E-state index in [9.17, 15) is 4.79 Å². The third kappa shape index (κ3) is 3.19. The van der Waals surface area contributed by atoms with Gasteiger partial charge in [-0.25, -0.2) is 0 Å². The van der Waals surface area contributed by atoms with Crippen molar-refractivity contribution in [3.05, 3.63) is 70.1 Å². The summed E-state index contributed by atoms with van der Waals surface area (Å²) < 4.78 is 16.8. The minimum Gasteiger partial charge on any atom is -0.493 e. The molecule has 5 heteroatoms. The second-order valence-corrected chi connectivity index (χ2v) is 5.05. The van der Waals surface area contributed by atoms with Gasteiger partial charge in [-0.3, -0.25) is 4.79 Å². The summed E-state index contributed by atoms with van der Waals surface area (Å²) in [5.41, 5.74) is 6.86. The van der Waals surface area contributed by atoms with Crippen molar-refractivity contribution in [3.8, 4) is 11.5 Å². The summed E-state index contributed by atoms with van der Waals surface area (Å²) in [6.07, 6.45) is 0. The molecule has 3 aromatic rings. The normalized spacial score (nSPS) is 10.7. The molecule has 23 heavy (non-hydrogen) atoms. The highest BCUT2D eigenvalue weighted by molar-refractivity contribution is 5.80. The Bertz CT molecular complexity index is 871. The fourth-order valence-corrected chi connectivity index (χ4v) is 2.32. The molecule has 0 spiro atoms. The molecule has 0 aliphatic rings. The van der Waals surface area contributed by atoms with Crippen LogP contribution in [-0.4, -0.2) is 7.11 Å². The molecule has 0 atom stereocenters. The van der Waals surface area contributed by atoms with Crippen molar-refractivity contribution in [3.63, 3.8) is 0 Å². The second-order valence-electron chi connectivity index (χ2n) is 5.05. The Labute approximate surface area is 133 Å². The van der Waals surface area contributed by atoms with Crippen LogP contribution in [0.1, 0.15) is 11.3 Å². The van der Waals surface area contributed by atoms with E-state index >= 15 is 0 Å². The fourth-order valence-electron chi connectivity index (χ4n) is 2.32. The molecule has 1 aromatic heterocycles. The summed E-state index contributed by atoms with van der Waals surface area (Å²) in [6, 6.07) is 14.5. The number of fused-ring (bicyclic) bond motifs is 1. The molecule has 0 bridgehead atoms. The Kier molecular flexibility index (Phi) is 4.30. The zero-order valence-corrected chi connectivity index (χ0v) is 12.7. The third-order valence-electron chi connectivity index (χ3n) is 3.50. The van der Waals surface area contributed by atoms with E-state index in [0.29, 0.717) is 34.8 Å². The highest BCUT2D eigenvalue weighted by Gasteiger charge is 2.12. The molecule has 3 rings (SSSR count). The van der Waals surface area contributed by atoms with E-state index in [1.54, 1.807) is 12.1 Å². The minimum atomic E-state index is -0.153. The van der Waals surface area contributed by atoms with Crippen molar-refractivity contribution in [1.82, 2.24) is 0 Å². The molecule has 0 aliphatic heterocycles. The molecule has 0 fully saturated rings. The highest BCUT2D eigenvalue weighted by atomic mass is 16.5. The number of methoxy groups -OCH3 is 1. The van der Waals surface area contributed by atoms with Crippen molar-refractivity contribution in [2.45, 2.75) is 13.2 Å². The predicted molar refractivity (Wildman–Crippen MR) is 87.7 cm³/mol. The van der Waals surface area contributed by atoms with Crippen molar-refractivity contribution in [1.29, 1.82) is 0 Å². The lowest BCUT2D eigenvalue weighted by Crippen LogP contribution is -2.06. The second kappa shape index (κ2) is 6.54. The van der Waals surface area contributed by atoms with E-state index in [1.165, 1.54) is 13.2 Å². The molecule has 118 valence electrons.